The van der Waals surface area contributed by atoms with Crippen LogP contribution in [-0.2, 0) is 4.74 Å². The molecule has 0 amide bonds. The van der Waals surface area contributed by atoms with Gasteiger partial charge in [-0.1, -0.05) is 0 Å². The molecule has 4 aliphatic rings. The van der Waals surface area contributed by atoms with E-state index in [0.29, 0.717) is 6.10 Å². The lowest BCUT2D eigenvalue weighted by Crippen LogP contribution is -2.29. The van der Waals surface area contributed by atoms with Gasteiger partial charge in [0.05, 0.1) is 6.10 Å². The van der Waals surface area contributed by atoms with Crippen LogP contribution in [0.4, 0.5) is 0 Å². The summed E-state index contributed by atoms with van der Waals surface area (Å²) in [7, 11) is 1.90. The first-order valence-electron chi connectivity index (χ1n) is 4.91. The maximum absolute atomic E-state index is 5.58. The molecule has 5 atom stereocenters. The van der Waals surface area contributed by atoms with Crippen molar-refractivity contribution in [2.24, 2.45) is 23.7 Å². The van der Waals surface area contributed by atoms with Crippen LogP contribution in [0, 0.1) is 23.7 Å². The molecule has 0 aromatic rings. The molecule has 0 N–H and O–H groups in total. The molecular weight excluding hydrogens is 136 g/mol. The Labute approximate surface area is 68.1 Å². The monoisotopic (exact) mass is 152 g/mol. The molecule has 5 unspecified atom stereocenters. The normalized spacial score (nSPS) is 59.2. The smallest absolute Gasteiger partial charge is 0.0630 e. The van der Waals surface area contributed by atoms with Gasteiger partial charge in [-0.15, -0.1) is 0 Å². The first kappa shape index (κ1) is 6.47. The summed E-state index contributed by atoms with van der Waals surface area (Å²) in [6.07, 6.45) is 6.63. The van der Waals surface area contributed by atoms with Gasteiger partial charge in [0.1, 0.15) is 0 Å². The predicted octanol–water partition coefficient (Wildman–Crippen LogP) is 2.07. The average Bonchev–Trinajstić information content (AvgIpc) is 2.40. The molecule has 0 saturated heterocycles. The average molecular weight is 152 g/mol. The third kappa shape index (κ3) is 0.703. The quantitative estimate of drug-likeness (QED) is 0.559. The fourth-order valence-corrected chi connectivity index (χ4v) is 4.04. The molecule has 0 spiro atoms. The van der Waals surface area contributed by atoms with Crippen molar-refractivity contribution >= 4 is 0 Å². The standard InChI is InChI=1S/C10H16O/c1-11-10-8-3-6-2-7(5-8)9(10)4-6/h6-10H,2-5H2,1H3. The second-order valence-corrected chi connectivity index (χ2v) is 4.69. The Morgan fingerprint density at radius 3 is 2.55 bits per heavy atom. The summed E-state index contributed by atoms with van der Waals surface area (Å²) in [6, 6.07) is 0. The van der Waals surface area contributed by atoms with Crippen molar-refractivity contribution < 1.29 is 4.74 Å². The van der Waals surface area contributed by atoms with Crippen LogP contribution in [0.2, 0.25) is 0 Å². The van der Waals surface area contributed by atoms with Crippen LogP contribution in [0.1, 0.15) is 25.7 Å². The van der Waals surface area contributed by atoms with Gasteiger partial charge < -0.3 is 4.74 Å². The number of hydrogen-bond acceptors (Lipinski definition) is 1. The van der Waals surface area contributed by atoms with Gasteiger partial charge in [0, 0.05) is 7.11 Å². The van der Waals surface area contributed by atoms with Gasteiger partial charge in [-0.2, -0.15) is 0 Å². The van der Waals surface area contributed by atoms with E-state index in [2.05, 4.69) is 0 Å². The molecule has 4 saturated carbocycles. The maximum Gasteiger partial charge on any atom is 0.0630 e. The molecule has 1 nitrogen and oxygen atoms in total. The van der Waals surface area contributed by atoms with Crippen LogP contribution in [0.15, 0.2) is 0 Å². The van der Waals surface area contributed by atoms with Crippen LogP contribution < -0.4 is 0 Å². The maximum atomic E-state index is 5.58. The molecular formula is C10H16O. The van der Waals surface area contributed by atoms with E-state index < -0.39 is 0 Å². The summed E-state index contributed by atoms with van der Waals surface area (Å²) < 4.78 is 5.58. The minimum absolute atomic E-state index is 0.652. The fraction of sp³-hybridized carbons (Fsp3) is 1.00. The van der Waals surface area contributed by atoms with Gasteiger partial charge in [0.2, 0.25) is 0 Å². The molecule has 0 radical (unpaired) electrons. The lowest BCUT2D eigenvalue weighted by Gasteiger charge is -2.30. The summed E-state index contributed by atoms with van der Waals surface area (Å²) in [6.45, 7) is 0. The van der Waals surface area contributed by atoms with Gasteiger partial charge >= 0.3 is 0 Å². The van der Waals surface area contributed by atoms with Gasteiger partial charge in [-0.3, -0.25) is 0 Å². The minimum atomic E-state index is 0.652. The Bertz CT molecular complexity index is 174. The molecule has 0 aromatic heterocycles. The summed E-state index contributed by atoms with van der Waals surface area (Å²) in [5.74, 6) is 4.06. The molecule has 0 aromatic carbocycles. The predicted molar refractivity (Wildman–Crippen MR) is 43.2 cm³/mol. The summed E-state index contributed by atoms with van der Waals surface area (Å²) in [4.78, 5) is 0. The molecule has 4 fully saturated rings. The van der Waals surface area contributed by atoms with Crippen molar-refractivity contribution in [1.29, 1.82) is 0 Å². The molecule has 1 heteroatoms. The summed E-state index contributed by atoms with van der Waals surface area (Å²) in [5, 5.41) is 0. The zero-order valence-corrected chi connectivity index (χ0v) is 7.12. The van der Waals surface area contributed by atoms with Crippen LogP contribution in [0.3, 0.4) is 0 Å². The number of ether oxygens (including phenoxy) is 1. The highest BCUT2D eigenvalue weighted by atomic mass is 16.5. The fourth-order valence-electron chi connectivity index (χ4n) is 4.04. The Morgan fingerprint density at radius 1 is 1.00 bits per heavy atom. The van der Waals surface area contributed by atoms with E-state index in [0.717, 1.165) is 23.7 Å². The topological polar surface area (TPSA) is 9.23 Å². The molecule has 4 bridgehead atoms. The van der Waals surface area contributed by atoms with E-state index in [4.69, 9.17) is 4.74 Å². The number of rotatable bonds is 1. The van der Waals surface area contributed by atoms with E-state index in [1.54, 1.807) is 0 Å². The van der Waals surface area contributed by atoms with Crippen molar-refractivity contribution in [2.45, 2.75) is 31.8 Å². The third-order valence-corrected chi connectivity index (χ3v) is 4.25. The Kier molecular flexibility index (Phi) is 1.18. The highest BCUT2D eigenvalue weighted by Crippen LogP contribution is 2.58. The first-order chi connectivity index (χ1) is 5.38. The van der Waals surface area contributed by atoms with E-state index in [9.17, 15) is 0 Å². The van der Waals surface area contributed by atoms with Gasteiger partial charge in [-0.05, 0) is 49.4 Å². The van der Waals surface area contributed by atoms with Crippen molar-refractivity contribution in [3.05, 3.63) is 0 Å². The van der Waals surface area contributed by atoms with Gasteiger partial charge in [0.15, 0.2) is 0 Å². The van der Waals surface area contributed by atoms with Crippen molar-refractivity contribution in [3.8, 4) is 0 Å². The van der Waals surface area contributed by atoms with E-state index in [1.165, 1.54) is 25.7 Å². The van der Waals surface area contributed by atoms with Crippen LogP contribution in [-0.4, -0.2) is 13.2 Å². The lowest BCUT2D eigenvalue weighted by atomic mass is 9.80. The first-order valence-corrected chi connectivity index (χ1v) is 4.91. The van der Waals surface area contributed by atoms with Crippen molar-refractivity contribution in [2.75, 3.05) is 7.11 Å². The molecule has 62 valence electrons. The van der Waals surface area contributed by atoms with Crippen LogP contribution in [0.5, 0.6) is 0 Å². The highest BCUT2D eigenvalue weighted by Gasteiger charge is 2.53. The zero-order chi connectivity index (χ0) is 7.42. The molecule has 0 heterocycles. The Balaban J connectivity index is 1.91. The van der Waals surface area contributed by atoms with Crippen molar-refractivity contribution in [1.82, 2.24) is 0 Å². The minimum Gasteiger partial charge on any atom is -0.381 e. The van der Waals surface area contributed by atoms with E-state index in [-0.39, 0.29) is 0 Å². The Hall–Kier alpha value is -0.0400. The van der Waals surface area contributed by atoms with E-state index >= 15 is 0 Å². The number of hydrogen-bond donors (Lipinski definition) is 0. The second kappa shape index (κ2) is 2.01. The molecule has 11 heavy (non-hydrogen) atoms. The zero-order valence-electron chi connectivity index (χ0n) is 7.12. The SMILES string of the molecule is COC1C2CC3CC(C2)C1C3. The largest absolute Gasteiger partial charge is 0.381 e. The lowest BCUT2D eigenvalue weighted by molar-refractivity contribution is 0.0101. The third-order valence-electron chi connectivity index (χ3n) is 4.25. The second-order valence-electron chi connectivity index (χ2n) is 4.69. The Morgan fingerprint density at radius 2 is 1.82 bits per heavy atom. The molecule has 4 rings (SSSR count). The summed E-state index contributed by atoms with van der Waals surface area (Å²) >= 11 is 0. The van der Waals surface area contributed by atoms with Gasteiger partial charge in [0.25, 0.3) is 0 Å². The van der Waals surface area contributed by atoms with E-state index in [1.807, 2.05) is 7.11 Å². The van der Waals surface area contributed by atoms with Crippen LogP contribution >= 0.6 is 0 Å². The number of methoxy groups -OCH3 is 1. The molecule has 0 aliphatic heterocycles. The summed E-state index contributed by atoms with van der Waals surface area (Å²) in [5.41, 5.74) is 0. The molecule has 4 aliphatic carbocycles. The van der Waals surface area contributed by atoms with Gasteiger partial charge in [-0.25, -0.2) is 0 Å². The van der Waals surface area contributed by atoms with Crippen LogP contribution in [0.25, 0.3) is 0 Å². The highest BCUT2D eigenvalue weighted by molar-refractivity contribution is 5.03. The van der Waals surface area contributed by atoms with Crippen molar-refractivity contribution in [3.63, 3.8) is 0 Å².